The van der Waals surface area contributed by atoms with E-state index in [1.165, 1.54) is 4.88 Å². The van der Waals surface area contributed by atoms with Gasteiger partial charge in [-0.05, 0) is 18.5 Å². The number of β-amino-alcohol motifs (C(OH)–C–C–N with tert-alkyl or cyclic N) is 1. The molecule has 2 aromatic rings. The Bertz CT molecular complexity index is 581. The van der Waals surface area contributed by atoms with Crippen LogP contribution in [0.1, 0.15) is 5.56 Å². The number of ether oxygens (including phenoxy) is 1. The third-order valence-electron chi connectivity index (χ3n) is 4.02. The highest BCUT2D eigenvalue weighted by Gasteiger charge is 2.17. The number of morpholine rings is 1. The van der Waals surface area contributed by atoms with E-state index < -0.39 is 0 Å². The van der Waals surface area contributed by atoms with Gasteiger partial charge in [-0.2, -0.15) is 5.10 Å². The lowest BCUT2D eigenvalue weighted by molar-refractivity contribution is 0.00826. The molecule has 3 heterocycles. The lowest BCUT2D eigenvalue weighted by Crippen LogP contribution is -2.43. The molecule has 1 atom stereocenters. The van der Waals surface area contributed by atoms with Gasteiger partial charge in [0.05, 0.1) is 36.1 Å². The Morgan fingerprint density at radius 2 is 2.30 bits per heavy atom. The Kier molecular flexibility index (Phi) is 5.80. The first kappa shape index (κ1) is 16.6. The molecule has 2 N–H and O–H groups in total. The monoisotopic (exact) mass is 336 g/mol. The van der Waals surface area contributed by atoms with Crippen molar-refractivity contribution < 1.29 is 9.84 Å². The maximum Gasteiger partial charge on any atom is 0.0794 e. The zero-order valence-corrected chi connectivity index (χ0v) is 14.3. The predicted octanol–water partition coefficient (Wildman–Crippen LogP) is 1.26. The minimum atomic E-state index is -0.352. The fourth-order valence-corrected chi connectivity index (χ4v) is 3.68. The predicted molar refractivity (Wildman–Crippen MR) is 91.5 cm³/mol. The highest BCUT2D eigenvalue weighted by atomic mass is 32.1. The Labute approximate surface area is 140 Å². The van der Waals surface area contributed by atoms with Crippen LogP contribution < -0.4 is 0 Å². The van der Waals surface area contributed by atoms with Gasteiger partial charge in [-0.3, -0.25) is 14.9 Å². The van der Waals surface area contributed by atoms with Crippen molar-refractivity contribution in [3.05, 3.63) is 29.3 Å². The zero-order valence-electron chi connectivity index (χ0n) is 13.4. The number of likely N-dealkylation sites (N-methyl/N-ethyl adjacent to an activating group) is 1. The van der Waals surface area contributed by atoms with Crippen LogP contribution in [0.2, 0.25) is 0 Å². The second-order valence-corrected chi connectivity index (χ2v) is 6.96. The SMILES string of the molecule is CN(Cc1cn[nH]c1-c1cccs1)CC(O)CN1CCOCC1. The van der Waals surface area contributed by atoms with Crippen molar-refractivity contribution >= 4 is 11.3 Å². The lowest BCUT2D eigenvalue weighted by Gasteiger charge is -2.30. The number of hydrogen-bond acceptors (Lipinski definition) is 6. The number of nitrogens with one attached hydrogen (secondary N) is 1. The van der Waals surface area contributed by atoms with Crippen LogP contribution in [0.3, 0.4) is 0 Å². The number of rotatable bonds is 7. The van der Waals surface area contributed by atoms with Crippen molar-refractivity contribution in [1.29, 1.82) is 0 Å². The number of aliphatic hydroxyl groups is 1. The van der Waals surface area contributed by atoms with Crippen LogP contribution in [0.4, 0.5) is 0 Å². The molecule has 3 rings (SSSR count). The molecule has 23 heavy (non-hydrogen) atoms. The topological polar surface area (TPSA) is 64.6 Å². The summed E-state index contributed by atoms with van der Waals surface area (Å²) in [5, 5.41) is 19.6. The molecule has 126 valence electrons. The molecule has 0 aliphatic carbocycles. The van der Waals surface area contributed by atoms with E-state index in [2.05, 4.69) is 31.4 Å². The summed E-state index contributed by atoms with van der Waals surface area (Å²) in [6, 6.07) is 4.13. The van der Waals surface area contributed by atoms with Crippen molar-refractivity contribution in [2.75, 3.05) is 46.4 Å². The van der Waals surface area contributed by atoms with Gasteiger partial charge in [-0.15, -0.1) is 11.3 Å². The first-order chi connectivity index (χ1) is 11.2. The zero-order chi connectivity index (χ0) is 16.1. The average Bonchev–Trinajstić information content (AvgIpc) is 3.18. The minimum absolute atomic E-state index is 0.352. The highest BCUT2D eigenvalue weighted by Crippen LogP contribution is 2.26. The van der Waals surface area contributed by atoms with Crippen molar-refractivity contribution in [1.82, 2.24) is 20.0 Å². The molecule has 1 fully saturated rings. The van der Waals surface area contributed by atoms with Crippen molar-refractivity contribution in [3.8, 4) is 10.6 Å². The second-order valence-electron chi connectivity index (χ2n) is 6.01. The van der Waals surface area contributed by atoms with E-state index in [-0.39, 0.29) is 6.10 Å². The Hall–Kier alpha value is -1.25. The maximum atomic E-state index is 10.3. The van der Waals surface area contributed by atoms with Gasteiger partial charge in [0.2, 0.25) is 0 Å². The largest absolute Gasteiger partial charge is 0.390 e. The Balaban J connectivity index is 1.51. The minimum Gasteiger partial charge on any atom is -0.390 e. The summed E-state index contributed by atoms with van der Waals surface area (Å²) in [7, 11) is 2.04. The van der Waals surface area contributed by atoms with E-state index in [0.29, 0.717) is 13.1 Å². The molecule has 1 aliphatic rings. The standard InChI is InChI=1S/C16H24N4O2S/c1-19(11-14(21)12-20-4-6-22-7-5-20)10-13-9-17-18-16(13)15-3-2-8-23-15/h2-3,8-9,14,21H,4-7,10-12H2,1H3,(H,17,18). The summed E-state index contributed by atoms with van der Waals surface area (Å²) in [4.78, 5) is 5.60. The highest BCUT2D eigenvalue weighted by molar-refractivity contribution is 7.13. The van der Waals surface area contributed by atoms with Crippen LogP contribution in [0, 0.1) is 0 Å². The van der Waals surface area contributed by atoms with Crippen molar-refractivity contribution in [3.63, 3.8) is 0 Å². The van der Waals surface area contributed by atoms with Crippen LogP contribution in [-0.4, -0.2) is 77.6 Å². The molecule has 0 spiro atoms. The number of thiophene rings is 1. The van der Waals surface area contributed by atoms with Gasteiger partial charge in [0.15, 0.2) is 0 Å². The van der Waals surface area contributed by atoms with E-state index in [1.807, 2.05) is 19.3 Å². The van der Waals surface area contributed by atoms with Crippen LogP contribution in [-0.2, 0) is 11.3 Å². The van der Waals surface area contributed by atoms with Gasteiger partial charge in [-0.25, -0.2) is 0 Å². The third-order valence-corrected chi connectivity index (χ3v) is 4.91. The number of H-pyrrole nitrogens is 1. The van der Waals surface area contributed by atoms with E-state index in [9.17, 15) is 5.11 Å². The molecule has 6 nitrogen and oxygen atoms in total. The summed E-state index contributed by atoms with van der Waals surface area (Å²) in [6.07, 6.45) is 1.52. The average molecular weight is 336 g/mol. The summed E-state index contributed by atoms with van der Waals surface area (Å²) in [6.45, 7) is 5.47. The maximum absolute atomic E-state index is 10.3. The molecule has 7 heteroatoms. The number of aromatic amines is 1. The third kappa shape index (κ3) is 4.62. The molecule has 0 radical (unpaired) electrons. The van der Waals surface area contributed by atoms with Gasteiger partial charge < -0.3 is 9.84 Å². The quantitative estimate of drug-likeness (QED) is 0.797. The van der Waals surface area contributed by atoms with Gasteiger partial charge in [0.1, 0.15) is 0 Å². The van der Waals surface area contributed by atoms with Gasteiger partial charge in [0, 0.05) is 38.3 Å². The van der Waals surface area contributed by atoms with Gasteiger partial charge >= 0.3 is 0 Å². The van der Waals surface area contributed by atoms with Crippen LogP contribution >= 0.6 is 11.3 Å². The van der Waals surface area contributed by atoms with E-state index >= 15 is 0 Å². The molecule has 1 saturated heterocycles. The summed E-state index contributed by atoms with van der Waals surface area (Å²) in [5.74, 6) is 0. The number of aromatic nitrogens is 2. The fourth-order valence-electron chi connectivity index (χ4n) is 2.92. The van der Waals surface area contributed by atoms with Gasteiger partial charge in [-0.1, -0.05) is 6.07 Å². The van der Waals surface area contributed by atoms with Crippen LogP contribution in [0.15, 0.2) is 23.7 Å². The smallest absolute Gasteiger partial charge is 0.0794 e. The molecule has 1 unspecified atom stereocenters. The van der Waals surface area contributed by atoms with Crippen molar-refractivity contribution in [2.45, 2.75) is 12.6 Å². The number of aliphatic hydroxyl groups excluding tert-OH is 1. The molecule has 1 aliphatic heterocycles. The molecular formula is C16H24N4O2S. The Morgan fingerprint density at radius 3 is 3.04 bits per heavy atom. The molecule has 0 bridgehead atoms. The van der Waals surface area contributed by atoms with Gasteiger partial charge in [0.25, 0.3) is 0 Å². The van der Waals surface area contributed by atoms with Crippen LogP contribution in [0.5, 0.6) is 0 Å². The first-order valence-electron chi connectivity index (χ1n) is 7.95. The number of hydrogen-bond donors (Lipinski definition) is 2. The molecule has 0 amide bonds. The summed E-state index contributed by atoms with van der Waals surface area (Å²) >= 11 is 1.70. The molecule has 0 saturated carbocycles. The molecule has 2 aromatic heterocycles. The normalized spacial score (nSPS) is 17.7. The van der Waals surface area contributed by atoms with E-state index in [4.69, 9.17) is 4.74 Å². The Morgan fingerprint density at radius 1 is 1.48 bits per heavy atom. The molecular weight excluding hydrogens is 312 g/mol. The van der Waals surface area contributed by atoms with E-state index in [0.717, 1.165) is 44.1 Å². The summed E-state index contributed by atoms with van der Waals surface area (Å²) in [5.41, 5.74) is 2.24. The second kappa shape index (κ2) is 8.03. The lowest BCUT2D eigenvalue weighted by atomic mass is 10.2. The van der Waals surface area contributed by atoms with Crippen molar-refractivity contribution in [2.24, 2.45) is 0 Å². The molecule has 0 aromatic carbocycles. The first-order valence-corrected chi connectivity index (χ1v) is 8.83. The van der Waals surface area contributed by atoms with Crippen LogP contribution in [0.25, 0.3) is 10.6 Å². The number of nitrogens with zero attached hydrogens (tertiary/aromatic N) is 3. The van der Waals surface area contributed by atoms with E-state index in [1.54, 1.807) is 11.3 Å². The summed E-state index contributed by atoms with van der Waals surface area (Å²) < 4.78 is 5.34. The fraction of sp³-hybridized carbons (Fsp3) is 0.562.